The smallest absolute Gasteiger partial charge is 0.410 e. The van der Waals surface area contributed by atoms with Crippen molar-refractivity contribution < 1.29 is 9.53 Å². The molecule has 0 aromatic rings. The van der Waals surface area contributed by atoms with Gasteiger partial charge < -0.3 is 15.0 Å². The fraction of sp³-hybridized carbons (Fsp3) is 0.923. The predicted octanol–water partition coefficient (Wildman–Crippen LogP) is 2.00. The lowest BCUT2D eigenvalue weighted by molar-refractivity contribution is 0.0204. The monoisotopic (exact) mass is 240 g/mol. The Bertz CT molecular complexity index is 286. The first kappa shape index (κ1) is 12.7. The Labute approximate surface area is 104 Å². The van der Waals surface area contributed by atoms with Gasteiger partial charge in [-0.15, -0.1) is 0 Å². The Hall–Kier alpha value is -0.770. The molecule has 2 rings (SSSR count). The third-order valence-corrected chi connectivity index (χ3v) is 3.62. The zero-order chi connectivity index (χ0) is 12.5. The quantitative estimate of drug-likeness (QED) is 0.704. The molecule has 2 aliphatic heterocycles. The predicted molar refractivity (Wildman–Crippen MR) is 66.9 cm³/mol. The van der Waals surface area contributed by atoms with Crippen LogP contribution in [0.25, 0.3) is 0 Å². The number of hydrogen-bond acceptors (Lipinski definition) is 3. The molecule has 0 aromatic heterocycles. The van der Waals surface area contributed by atoms with Crippen molar-refractivity contribution in [3.05, 3.63) is 0 Å². The molecule has 0 saturated carbocycles. The van der Waals surface area contributed by atoms with Crippen molar-refractivity contribution in [2.75, 3.05) is 19.6 Å². The zero-order valence-corrected chi connectivity index (χ0v) is 11.2. The maximum absolute atomic E-state index is 12.1. The second-order valence-electron chi connectivity index (χ2n) is 6.12. The molecule has 4 heteroatoms. The van der Waals surface area contributed by atoms with Gasteiger partial charge in [-0.25, -0.2) is 4.79 Å². The molecular formula is C13H24N2O2. The van der Waals surface area contributed by atoms with Crippen LogP contribution in [0.1, 0.15) is 40.0 Å². The van der Waals surface area contributed by atoms with E-state index in [1.165, 1.54) is 6.42 Å². The zero-order valence-electron chi connectivity index (χ0n) is 11.2. The summed E-state index contributed by atoms with van der Waals surface area (Å²) in [5, 5.41) is 3.40. The Morgan fingerprint density at radius 1 is 1.24 bits per heavy atom. The van der Waals surface area contributed by atoms with Gasteiger partial charge in [0.2, 0.25) is 0 Å². The largest absolute Gasteiger partial charge is 0.444 e. The van der Waals surface area contributed by atoms with Crippen molar-refractivity contribution in [1.29, 1.82) is 0 Å². The first-order chi connectivity index (χ1) is 7.97. The second kappa shape index (κ2) is 4.84. The van der Waals surface area contributed by atoms with E-state index in [2.05, 4.69) is 5.32 Å². The van der Waals surface area contributed by atoms with Crippen LogP contribution in [-0.2, 0) is 4.74 Å². The van der Waals surface area contributed by atoms with E-state index in [-0.39, 0.29) is 6.09 Å². The summed E-state index contributed by atoms with van der Waals surface area (Å²) in [5.74, 6) is 0.664. The number of nitrogens with one attached hydrogen (secondary N) is 1. The topological polar surface area (TPSA) is 41.6 Å². The summed E-state index contributed by atoms with van der Waals surface area (Å²) < 4.78 is 5.48. The minimum Gasteiger partial charge on any atom is -0.444 e. The lowest BCUT2D eigenvalue weighted by Crippen LogP contribution is -2.41. The van der Waals surface area contributed by atoms with Gasteiger partial charge in [-0.2, -0.15) is 0 Å². The summed E-state index contributed by atoms with van der Waals surface area (Å²) in [6, 6.07) is 0.389. The highest BCUT2D eigenvalue weighted by atomic mass is 16.6. The molecular weight excluding hydrogens is 216 g/mol. The molecule has 2 heterocycles. The highest BCUT2D eigenvalue weighted by Crippen LogP contribution is 2.31. The number of fused-ring (bicyclic) bond motifs is 1. The summed E-state index contributed by atoms with van der Waals surface area (Å²) in [5.41, 5.74) is -0.391. The van der Waals surface area contributed by atoms with Gasteiger partial charge in [0.15, 0.2) is 0 Å². The average molecular weight is 240 g/mol. The SMILES string of the molecule is CC(C)(C)OC(=O)N1CC[C@@H]2CCNCC[C@H]21. The molecule has 0 spiro atoms. The van der Waals surface area contributed by atoms with Gasteiger partial charge in [0.1, 0.15) is 5.60 Å². The summed E-state index contributed by atoms with van der Waals surface area (Å²) in [6.45, 7) is 8.74. The van der Waals surface area contributed by atoms with E-state index in [9.17, 15) is 4.79 Å². The minimum absolute atomic E-state index is 0.132. The third kappa shape index (κ3) is 3.12. The number of ether oxygens (including phenoxy) is 1. The van der Waals surface area contributed by atoms with Crippen molar-refractivity contribution in [3.8, 4) is 0 Å². The molecule has 2 saturated heterocycles. The lowest BCUT2D eigenvalue weighted by Gasteiger charge is -2.29. The number of rotatable bonds is 0. The highest BCUT2D eigenvalue weighted by molar-refractivity contribution is 5.69. The van der Waals surface area contributed by atoms with E-state index in [0.29, 0.717) is 12.0 Å². The van der Waals surface area contributed by atoms with Gasteiger partial charge in [-0.1, -0.05) is 0 Å². The molecule has 0 aromatic carbocycles. The highest BCUT2D eigenvalue weighted by Gasteiger charge is 2.38. The van der Waals surface area contributed by atoms with Crippen LogP contribution in [0.3, 0.4) is 0 Å². The van der Waals surface area contributed by atoms with Crippen molar-refractivity contribution in [2.45, 2.75) is 51.7 Å². The number of carbonyl (C=O) groups is 1. The van der Waals surface area contributed by atoms with Gasteiger partial charge >= 0.3 is 6.09 Å². The summed E-state index contributed by atoms with van der Waals surface area (Å²) in [7, 11) is 0. The summed E-state index contributed by atoms with van der Waals surface area (Å²) in [4.78, 5) is 14.1. The normalized spacial score (nSPS) is 29.7. The number of amides is 1. The average Bonchev–Trinajstić information content (AvgIpc) is 2.46. The Kier molecular flexibility index (Phi) is 3.61. The van der Waals surface area contributed by atoms with Gasteiger partial charge in [0, 0.05) is 12.6 Å². The maximum atomic E-state index is 12.1. The maximum Gasteiger partial charge on any atom is 0.410 e. The standard InChI is InChI=1S/C13H24N2O2/c1-13(2,3)17-12(16)15-9-6-10-4-7-14-8-5-11(10)15/h10-11,14H,4-9H2,1-3H3/t10-,11+/m0/s1. The molecule has 98 valence electrons. The van der Waals surface area contributed by atoms with Crippen LogP contribution in [0.2, 0.25) is 0 Å². The van der Waals surface area contributed by atoms with Gasteiger partial charge in [0.05, 0.1) is 0 Å². The molecule has 2 fully saturated rings. The van der Waals surface area contributed by atoms with Gasteiger partial charge in [0.25, 0.3) is 0 Å². The third-order valence-electron chi connectivity index (χ3n) is 3.62. The Balaban J connectivity index is 1.99. The molecule has 0 unspecified atom stereocenters. The molecule has 4 nitrogen and oxygen atoms in total. The van der Waals surface area contributed by atoms with Crippen LogP contribution in [0.4, 0.5) is 4.79 Å². The van der Waals surface area contributed by atoms with Crippen molar-refractivity contribution in [2.24, 2.45) is 5.92 Å². The van der Waals surface area contributed by atoms with E-state index >= 15 is 0 Å². The molecule has 2 atom stereocenters. The lowest BCUT2D eigenvalue weighted by atomic mass is 9.96. The number of likely N-dealkylation sites (tertiary alicyclic amines) is 1. The summed E-state index contributed by atoms with van der Waals surface area (Å²) in [6.07, 6.45) is 3.24. The summed E-state index contributed by atoms with van der Waals surface area (Å²) >= 11 is 0. The first-order valence-corrected chi connectivity index (χ1v) is 6.68. The van der Waals surface area contributed by atoms with Crippen LogP contribution >= 0.6 is 0 Å². The molecule has 0 bridgehead atoms. The molecule has 1 amide bonds. The van der Waals surface area contributed by atoms with Crippen LogP contribution in [-0.4, -0.2) is 42.3 Å². The van der Waals surface area contributed by atoms with Crippen molar-refractivity contribution in [1.82, 2.24) is 10.2 Å². The molecule has 2 aliphatic rings. The van der Waals surface area contributed by atoms with E-state index < -0.39 is 5.60 Å². The van der Waals surface area contributed by atoms with E-state index in [4.69, 9.17) is 4.74 Å². The first-order valence-electron chi connectivity index (χ1n) is 6.68. The fourth-order valence-electron chi connectivity index (χ4n) is 2.86. The number of nitrogens with zero attached hydrogens (tertiary/aromatic N) is 1. The van der Waals surface area contributed by atoms with Crippen LogP contribution in [0, 0.1) is 5.92 Å². The molecule has 0 radical (unpaired) electrons. The molecule has 0 aliphatic carbocycles. The second-order valence-corrected chi connectivity index (χ2v) is 6.12. The van der Waals surface area contributed by atoms with E-state index in [1.54, 1.807) is 0 Å². The molecule has 1 N–H and O–H groups in total. The molecule has 17 heavy (non-hydrogen) atoms. The fourth-order valence-corrected chi connectivity index (χ4v) is 2.86. The number of hydrogen-bond donors (Lipinski definition) is 1. The van der Waals surface area contributed by atoms with Gasteiger partial charge in [-0.3, -0.25) is 0 Å². The minimum atomic E-state index is -0.391. The van der Waals surface area contributed by atoms with Crippen LogP contribution in [0.5, 0.6) is 0 Å². The van der Waals surface area contributed by atoms with E-state index in [0.717, 1.165) is 32.5 Å². The van der Waals surface area contributed by atoms with Crippen LogP contribution in [0.15, 0.2) is 0 Å². The number of carbonyl (C=O) groups excluding carboxylic acids is 1. The van der Waals surface area contributed by atoms with Crippen molar-refractivity contribution >= 4 is 6.09 Å². The van der Waals surface area contributed by atoms with Crippen LogP contribution < -0.4 is 5.32 Å². The Morgan fingerprint density at radius 2 is 1.94 bits per heavy atom. The Morgan fingerprint density at radius 3 is 2.65 bits per heavy atom. The van der Waals surface area contributed by atoms with E-state index in [1.807, 2.05) is 25.7 Å². The van der Waals surface area contributed by atoms with Gasteiger partial charge in [-0.05, 0) is 59.0 Å². The van der Waals surface area contributed by atoms with Crippen molar-refractivity contribution in [3.63, 3.8) is 0 Å².